The van der Waals surface area contributed by atoms with Gasteiger partial charge in [-0.1, -0.05) is 12.1 Å². The second-order valence-corrected chi connectivity index (χ2v) is 5.58. The van der Waals surface area contributed by atoms with E-state index >= 15 is 0 Å². The minimum atomic E-state index is -4.17. The smallest absolute Gasteiger partial charge is 0.298 e. The van der Waals surface area contributed by atoms with Crippen LogP contribution in [-0.4, -0.2) is 31.0 Å². The number of carbonyl (C=O) groups is 1. The van der Waals surface area contributed by atoms with Crippen LogP contribution in [0, 0.1) is 0 Å². The molecule has 0 unspecified atom stereocenters. The Hall–Kier alpha value is -2.38. The van der Waals surface area contributed by atoms with E-state index in [1.807, 2.05) is 0 Å². The Bertz CT molecular complexity index is 791. The summed E-state index contributed by atoms with van der Waals surface area (Å²) in [5.41, 5.74) is 1.15. The van der Waals surface area contributed by atoms with Gasteiger partial charge in [-0.15, -0.1) is 0 Å². The molecule has 2 N–H and O–H groups in total. The third-order valence-corrected chi connectivity index (χ3v) is 3.74. The van der Waals surface area contributed by atoms with Gasteiger partial charge in [-0.25, -0.2) is 0 Å². The molecule has 2 aliphatic carbocycles. The van der Waals surface area contributed by atoms with E-state index in [1.165, 1.54) is 31.4 Å². The first kappa shape index (κ1) is 15.0. The number of hydrogen-bond donors (Lipinski definition) is 2. The first-order chi connectivity index (χ1) is 9.84. The Labute approximate surface area is 121 Å². The van der Waals surface area contributed by atoms with Gasteiger partial charge in [0.1, 0.15) is 16.4 Å². The molecule has 21 heavy (non-hydrogen) atoms. The molecule has 2 bridgehead atoms. The second kappa shape index (κ2) is 5.55. The van der Waals surface area contributed by atoms with Crippen LogP contribution in [0.4, 0.5) is 0 Å². The van der Waals surface area contributed by atoms with E-state index < -0.39 is 10.1 Å². The van der Waals surface area contributed by atoms with E-state index in [0.717, 1.165) is 0 Å². The SMILES string of the molecule is COc1ccccc1S(=O)(=O)O.O=C1c2ccc(O)c1c2. The molecule has 0 heterocycles. The van der Waals surface area contributed by atoms with E-state index in [4.69, 9.17) is 14.4 Å². The van der Waals surface area contributed by atoms with Gasteiger partial charge in [-0.2, -0.15) is 8.42 Å². The molecule has 0 aliphatic heterocycles. The molecule has 6 nitrogen and oxygen atoms in total. The fourth-order valence-corrected chi connectivity index (χ4v) is 2.42. The number of carbonyl (C=O) groups excluding carboxylic acids is 1. The fourth-order valence-electron chi connectivity index (χ4n) is 1.77. The summed E-state index contributed by atoms with van der Waals surface area (Å²) in [5, 5.41) is 8.91. The van der Waals surface area contributed by atoms with Crippen LogP contribution in [0.1, 0.15) is 15.9 Å². The average Bonchev–Trinajstić information content (AvgIpc) is 2.46. The van der Waals surface area contributed by atoms with Gasteiger partial charge in [0.05, 0.1) is 12.7 Å². The molecule has 0 saturated carbocycles. The molecular formula is C14H12O6S. The maximum atomic E-state index is 10.7. The lowest BCUT2D eigenvalue weighted by atomic mass is 9.91. The summed E-state index contributed by atoms with van der Waals surface area (Å²) >= 11 is 0. The lowest BCUT2D eigenvalue weighted by Crippen LogP contribution is -2.11. The number of ether oxygens (including phenoxy) is 1. The van der Waals surface area contributed by atoms with E-state index in [1.54, 1.807) is 18.2 Å². The Balaban J connectivity index is 0.000000159. The van der Waals surface area contributed by atoms with Crippen LogP contribution in [-0.2, 0) is 10.1 Å². The van der Waals surface area contributed by atoms with Crippen LogP contribution in [0.5, 0.6) is 11.5 Å². The Morgan fingerprint density at radius 3 is 2.14 bits per heavy atom. The van der Waals surface area contributed by atoms with E-state index in [0.29, 0.717) is 11.1 Å². The molecule has 0 fully saturated rings. The van der Waals surface area contributed by atoms with Gasteiger partial charge < -0.3 is 9.84 Å². The van der Waals surface area contributed by atoms with Gasteiger partial charge in [0, 0.05) is 5.56 Å². The summed E-state index contributed by atoms with van der Waals surface area (Å²) < 4.78 is 34.8. The summed E-state index contributed by atoms with van der Waals surface area (Å²) in [6.45, 7) is 0. The minimum Gasteiger partial charge on any atom is -0.507 e. The summed E-state index contributed by atoms with van der Waals surface area (Å²) in [6, 6.07) is 10.7. The van der Waals surface area contributed by atoms with Gasteiger partial charge >= 0.3 is 0 Å². The molecule has 4 rings (SSSR count). The summed E-state index contributed by atoms with van der Waals surface area (Å²) in [5.74, 6) is 0.199. The van der Waals surface area contributed by atoms with Crippen molar-refractivity contribution in [2.75, 3.05) is 7.11 Å². The predicted molar refractivity (Wildman–Crippen MR) is 74.3 cm³/mol. The van der Waals surface area contributed by atoms with Crippen molar-refractivity contribution in [2.45, 2.75) is 4.90 Å². The molecule has 0 spiro atoms. The molecule has 0 amide bonds. The number of fused-ring (bicyclic) bond motifs is 2. The van der Waals surface area contributed by atoms with Crippen LogP contribution in [0.3, 0.4) is 0 Å². The van der Waals surface area contributed by atoms with Crippen LogP contribution >= 0.6 is 0 Å². The third-order valence-electron chi connectivity index (χ3n) is 2.85. The van der Waals surface area contributed by atoms with Crippen molar-refractivity contribution in [3.8, 4) is 11.5 Å². The second-order valence-electron chi connectivity index (χ2n) is 4.19. The van der Waals surface area contributed by atoms with Crippen LogP contribution < -0.4 is 4.74 Å². The average molecular weight is 308 g/mol. The summed E-state index contributed by atoms with van der Waals surface area (Å²) in [7, 11) is -2.83. The molecule has 2 aliphatic rings. The highest BCUT2D eigenvalue weighted by molar-refractivity contribution is 7.86. The molecule has 0 radical (unpaired) electrons. The fraction of sp³-hybridized carbons (Fsp3) is 0.0714. The molecule has 0 saturated heterocycles. The van der Waals surface area contributed by atoms with E-state index in [-0.39, 0.29) is 22.2 Å². The van der Waals surface area contributed by atoms with Gasteiger partial charge in [0.25, 0.3) is 10.1 Å². The topological polar surface area (TPSA) is 101 Å². The lowest BCUT2D eigenvalue weighted by Gasteiger charge is -2.12. The number of aromatic hydroxyl groups is 1. The summed E-state index contributed by atoms with van der Waals surface area (Å²) in [6.07, 6.45) is 0. The molecule has 2 aromatic carbocycles. The number of ketones is 1. The first-order valence-corrected chi connectivity index (χ1v) is 7.27. The maximum absolute atomic E-state index is 10.7. The van der Waals surface area contributed by atoms with Gasteiger partial charge in [0.15, 0.2) is 5.78 Å². The van der Waals surface area contributed by atoms with Gasteiger partial charge in [-0.05, 0) is 30.3 Å². The van der Waals surface area contributed by atoms with Crippen LogP contribution in [0.15, 0.2) is 47.4 Å². The molecule has 110 valence electrons. The number of benzene rings is 2. The zero-order valence-electron chi connectivity index (χ0n) is 11.0. The van der Waals surface area contributed by atoms with Crippen molar-refractivity contribution in [1.29, 1.82) is 0 Å². The first-order valence-electron chi connectivity index (χ1n) is 5.83. The third kappa shape index (κ3) is 3.04. The predicted octanol–water partition coefficient (Wildman–Crippen LogP) is 1.88. The van der Waals surface area contributed by atoms with Crippen molar-refractivity contribution >= 4 is 15.9 Å². The quantitative estimate of drug-likeness (QED) is 0.701. The Morgan fingerprint density at radius 1 is 1.10 bits per heavy atom. The van der Waals surface area contributed by atoms with Gasteiger partial charge in [-0.3, -0.25) is 9.35 Å². The highest BCUT2D eigenvalue weighted by Gasteiger charge is 2.23. The number of rotatable bonds is 2. The highest BCUT2D eigenvalue weighted by Crippen LogP contribution is 2.29. The molecule has 7 heteroatoms. The highest BCUT2D eigenvalue weighted by atomic mass is 32.2. The number of hydrogen-bond acceptors (Lipinski definition) is 5. The molecule has 0 atom stereocenters. The van der Waals surface area contributed by atoms with E-state index in [2.05, 4.69) is 0 Å². The standard InChI is InChI=1S/C7H8O4S.C7H4O2/c1-11-6-4-2-3-5-7(6)12(8,9)10;8-6-2-1-4-3-5(6)7(4)9/h2-5H,1H3,(H,8,9,10);1-3,8H. The van der Waals surface area contributed by atoms with Crippen molar-refractivity contribution in [2.24, 2.45) is 0 Å². The summed E-state index contributed by atoms with van der Waals surface area (Å²) in [4.78, 5) is 10.5. The van der Waals surface area contributed by atoms with Crippen molar-refractivity contribution < 1.29 is 27.6 Å². The largest absolute Gasteiger partial charge is 0.507 e. The zero-order valence-corrected chi connectivity index (χ0v) is 11.8. The number of phenolic OH excluding ortho intramolecular Hbond substituents is 1. The lowest BCUT2D eigenvalue weighted by molar-refractivity contribution is 0.102. The van der Waals surface area contributed by atoms with Crippen molar-refractivity contribution in [3.05, 3.63) is 53.6 Å². The van der Waals surface area contributed by atoms with Gasteiger partial charge in [0.2, 0.25) is 0 Å². The van der Waals surface area contributed by atoms with Crippen LogP contribution in [0.2, 0.25) is 0 Å². The number of para-hydroxylation sites is 1. The Kier molecular flexibility index (Phi) is 3.97. The number of phenols is 1. The molecule has 0 aromatic heterocycles. The monoisotopic (exact) mass is 308 g/mol. The zero-order chi connectivity index (χ0) is 15.6. The normalized spacial score (nSPS) is 12.0. The molecule has 2 aromatic rings. The van der Waals surface area contributed by atoms with Crippen molar-refractivity contribution in [3.63, 3.8) is 0 Å². The van der Waals surface area contributed by atoms with E-state index in [9.17, 15) is 13.2 Å². The molecular weight excluding hydrogens is 296 g/mol. The maximum Gasteiger partial charge on any atom is 0.298 e. The number of methoxy groups -OCH3 is 1. The Morgan fingerprint density at radius 2 is 1.76 bits per heavy atom. The van der Waals surface area contributed by atoms with Crippen LogP contribution in [0.25, 0.3) is 0 Å². The van der Waals surface area contributed by atoms with Crippen molar-refractivity contribution in [1.82, 2.24) is 0 Å². The minimum absolute atomic E-state index is 0.0324.